The van der Waals surface area contributed by atoms with Gasteiger partial charge >= 0.3 is 0 Å². The Morgan fingerprint density at radius 2 is 1.44 bits per heavy atom. The van der Waals surface area contributed by atoms with Gasteiger partial charge in [0.1, 0.15) is 11.5 Å². The van der Waals surface area contributed by atoms with E-state index in [0.717, 1.165) is 60.6 Å². The maximum absolute atomic E-state index is 5.54. The van der Waals surface area contributed by atoms with Gasteiger partial charge in [-0.1, -0.05) is 67.1 Å². The monoisotopic (exact) mass is 332 g/mol. The lowest BCUT2D eigenvalue weighted by Crippen LogP contribution is -2.06. The molecule has 0 fully saturated rings. The normalized spacial score (nSPS) is 10.6. The number of benzene rings is 2. The molecule has 0 amide bonds. The highest BCUT2D eigenvalue weighted by Gasteiger charge is 2.11. The minimum atomic E-state index is 0.754. The van der Waals surface area contributed by atoms with E-state index in [4.69, 9.17) is 5.73 Å². The highest BCUT2D eigenvalue weighted by Crippen LogP contribution is 2.31. The van der Waals surface area contributed by atoms with Crippen LogP contribution >= 0.6 is 0 Å². The van der Waals surface area contributed by atoms with Crippen LogP contribution in [0, 0.1) is 0 Å². The lowest BCUT2D eigenvalue weighted by atomic mass is 10.00. The molecule has 0 spiro atoms. The highest BCUT2D eigenvalue weighted by molar-refractivity contribution is 5.81. The smallest absolute Gasteiger partial charge is 0.149 e. The summed E-state index contributed by atoms with van der Waals surface area (Å²) in [6.07, 6.45) is 3.28. The predicted molar refractivity (Wildman–Crippen MR) is 104 cm³/mol. The zero-order chi connectivity index (χ0) is 17.3. The van der Waals surface area contributed by atoms with Crippen LogP contribution < -0.4 is 11.1 Å². The molecule has 3 rings (SSSR count). The van der Waals surface area contributed by atoms with Gasteiger partial charge in [-0.15, -0.1) is 10.2 Å². The number of hydrogen-bond acceptors (Lipinski definition) is 4. The molecule has 0 radical (unpaired) electrons. The molecule has 0 aliphatic carbocycles. The molecule has 0 saturated carbocycles. The minimum Gasteiger partial charge on any atom is -0.369 e. The summed E-state index contributed by atoms with van der Waals surface area (Å²) in [4.78, 5) is 0. The van der Waals surface area contributed by atoms with Crippen molar-refractivity contribution in [2.24, 2.45) is 5.73 Å². The maximum Gasteiger partial charge on any atom is 0.149 e. The lowest BCUT2D eigenvalue weighted by molar-refractivity contribution is 0.705. The second-order valence-electron chi connectivity index (χ2n) is 6.00. The number of hydrogen-bond donors (Lipinski definition) is 2. The van der Waals surface area contributed by atoms with Crippen molar-refractivity contribution in [2.75, 3.05) is 18.4 Å². The van der Waals surface area contributed by atoms with Crippen LogP contribution in [-0.4, -0.2) is 23.3 Å². The largest absolute Gasteiger partial charge is 0.369 e. The van der Waals surface area contributed by atoms with Crippen LogP contribution in [0.3, 0.4) is 0 Å². The molecule has 4 nitrogen and oxygen atoms in total. The predicted octanol–water partition coefficient (Wildman–Crippen LogP) is 4.35. The van der Waals surface area contributed by atoms with Gasteiger partial charge in [-0.05, 0) is 31.0 Å². The first kappa shape index (κ1) is 17.1. The molecule has 4 heteroatoms. The van der Waals surface area contributed by atoms with Gasteiger partial charge in [0.25, 0.3) is 0 Å². The summed E-state index contributed by atoms with van der Waals surface area (Å²) in [5, 5.41) is 12.3. The average molecular weight is 332 g/mol. The first-order valence-corrected chi connectivity index (χ1v) is 8.81. The number of aromatic nitrogens is 2. The fraction of sp³-hybridized carbons (Fsp3) is 0.238. The van der Waals surface area contributed by atoms with Gasteiger partial charge in [0, 0.05) is 17.7 Å². The van der Waals surface area contributed by atoms with Gasteiger partial charge < -0.3 is 11.1 Å². The van der Waals surface area contributed by atoms with Crippen molar-refractivity contribution in [3.05, 3.63) is 66.7 Å². The van der Waals surface area contributed by atoms with Crippen molar-refractivity contribution in [1.29, 1.82) is 0 Å². The second-order valence-corrected chi connectivity index (χ2v) is 6.00. The van der Waals surface area contributed by atoms with E-state index in [-0.39, 0.29) is 0 Å². The summed E-state index contributed by atoms with van der Waals surface area (Å²) in [6.45, 7) is 1.64. The van der Waals surface area contributed by atoms with E-state index in [1.54, 1.807) is 0 Å². The van der Waals surface area contributed by atoms with Crippen LogP contribution in [0.15, 0.2) is 66.7 Å². The number of nitrogens with two attached hydrogens (primary N) is 1. The second kappa shape index (κ2) is 8.94. The Labute approximate surface area is 149 Å². The molecular formula is C21H24N4. The van der Waals surface area contributed by atoms with E-state index in [2.05, 4.69) is 45.8 Å². The molecule has 2 aromatic carbocycles. The van der Waals surface area contributed by atoms with Gasteiger partial charge in [0.2, 0.25) is 0 Å². The van der Waals surface area contributed by atoms with Gasteiger partial charge in [-0.3, -0.25) is 0 Å². The van der Waals surface area contributed by atoms with Crippen LogP contribution in [0.1, 0.15) is 19.3 Å². The van der Waals surface area contributed by atoms with Crippen molar-refractivity contribution in [1.82, 2.24) is 10.2 Å². The standard InChI is InChI=1S/C21H24N4/c22-14-8-3-9-15-23-20-16-19(17-10-4-1-5-11-17)21(25-24-20)18-12-6-2-7-13-18/h1-2,4-7,10-13,16H,3,8-9,14-15,22H2,(H,23,24). The first-order chi connectivity index (χ1) is 12.4. The topological polar surface area (TPSA) is 63.8 Å². The van der Waals surface area contributed by atoms with Gasteiger partial charge in [0.05, 0.1) is 0 Å². The molecule has 128 valence electrons. The Kier molecular flexibility index (Phi) is 6.12. The summed E-state index contributed by atoms with van der Waals surface area (Å²) in [7, 11) is 0. The molecule has 0 bridgehead atoms. The van der Waals surface area contributed by atoms with Crippen molar-refractivity contribution < 1.29 is 0 Å². The summed E-state index contributed by atoms with van der Waals surface area (Å²) >= 11 is 0. The molecule has 0 atom stereocenters. The third-order valence-corrected chi connectivity index (χ3v) is 4.11. The van der Waals surface area contributed by atoms with E-state index < -0.39 is 0 Å². The summed E-state index contributed by atoms with van der Waals surface area (Å²) in [6, 6.07) is 22.6. The summed E-state index contributed by atoms with van der Waals surface area (Å²) < 4.78 is 0. The summed E-state index contributed by atoms with van der Waals surface area (Å²) in [5.41, 5.74) is 9.74. The van der Waals surface area contributed by atoms with E-state index in [0.29, 0.717) is 0 Å². The zero-order valence-corrected chi connectivity index (χ0v) is 14.4. The summed E-state index contributed by atoms with van der Waals surface area (Å²) in [5.74, 6) is 0.811. The quantitative estimate of drug-likeness (QED) is 0.602. The van der Waals surface area contributed by atoms with Crippen LogP contribution in [-0.2, 0) is 0 Å². The molecule has 3 N–H and O–H groups in total. The number of anilines is 1. The number of rotatable bonds is 8. The van der Waals surface area contributed by atoms with Crippen LogP contribution in [0.4, 0.5) is 5.82 Å². The fourth-order valence-corrected chi connectivity index (χ4v) is 2.79. The number of nitrogens with zero attached hydrogens (tertiary/aromatic N) is 2. The van der Waals surface area contributed by atoms with Crippen LogP contribution in [0.2, 0.25) is 0 Å². The number of nitrogens with one attached hydrogen (secondary N) is 1. The van der Waals surface area contributed by atoms with Crippen LogP contribution in [0.5, 0.6) is 0 Å². The van der Waals surface area contributed by atoms with E-state index in [9.17, 15) is 0 Å². The van der Waals surface area contributed by atoms with Crippen LogP contribution in [0.25, 0.3) is 22.4 Å². The Morgan fingerprint density at radius 3 is 2.12 bits per heavy atom. The molecule has 0 aliphatic rings. The van der Waals surface area contributed by atoms with Crippen molar-refractivity contribution in [2.45, 2.75) is 19.3 Å². The molecule has 0 aliphatic heterocycles. The lowest BCUT2D eigenvalue weighted by Gasteiger charge is -2.11. The van der Waals surface area contributed by atoms with Gasteiger partial charge in [0.15, 0.2) is 0 Å². The third-order valence-electron chi connectivity index (χ3n) is 4.11. The highest BCUT2D eigenvalue weighted by atomic mass is 15.2. The Morgan fingerprint density at radius 1 is 0.760 bits per heavy atom. The molecule has 1 heterocycles. The fourth-order valence-electron chi connectivity index (χ4n) is 2.79. The number of unbranched alkanes of at least 4 members (excludes halogenated alkanes) is 2. The molecular weight excluding hydrogens is 308 g/mol. The Balaban J connectivity index is 1.86. The van der Waals surface area contributed by atoms with Crippen molar-refractivity contribution >= 4 is 5.82 Å². The minimum absolute atomic E-state index is 0.754. The molecule has 0 unspecified atom stereocenters. The van der Waals surface area contributed by atoms with Gasteiger partial charge in [-0.2, -0.15) is 0 Å². The Hall–Kier alpha value is -2.72. The Bertz CT molecular complexity index is 772. The zero-order valence-electron chi connectivity index (χ0n) is 14.4. The molecule has 3 aromatic rings. The van der Waals surface area contributed by atoms with Crippen molar-refractivity contribution in [3.8, 4) is 22.4 Å². The average Bonchev–Trinajstić information content (AvgIpc) is 2.69. The third kappa shape index (κ3) is 4.64. The first-order valence-electron chi connectivity index (χ1n) is 8.81. The van der Waals surface area contributed by atoms with E-state index in [1.165, 1.54) is 0 Å². The molecule has 1 aromatic heterocycles. The van der Waals surface area contributed by atoms with E-state index in [1.807, 2.05) is 36.4 Å². The van der Waals surface area contributed by atoms with Gasteiger partial charge in [-0.25, -0.2) is 0 Å². The van der Waals surface area contributed by atoms with Crippen molar-refractivity contribution in [3.63, 3.8) is 0 Å². The molecule has 0 saturated heterocycles. The maximum atomic E-state index is 5.54. The van der Waals surface area contributed by atoms with E-state index >= 15 is 0 Å². The SMILES string of the molecule is NCCCCCNc1cc(-c2ccccc2)c(-c2ccccc2)nn1. The molecule has 25 heavy (non-hydrogen) atoms.